The van der Waals surface area contributed by atoms with E-state index in [0.717, 1.165) is 26.1 Å². The third-order valence-corrected chi connectivity index (χ3v) is 5.28. The Balaban J connectivity index is 2.14. The molecular formula is C13H19Cl2NS. The van der Waals surface area contributed by atoms with Gasteiger partial charge in [-0.25, -0.2) is 0 Å². The molecule has 2 rings (SSSR count). The predicted octanol–water partition coefficient (Wildman–Crippen LogP) is 5.13. The molecule has 0 spiro atoms. The van der Waals surface area contributed by atoms with Gasteiger partial charge in [0.15, 0.2) is 0 Å². The smallest absolute Gasteiger partial charge is 0.0991 e. The minimum absolute atomic E-state index is 0.0384. The van der Waals surface area contributed by atoms with Gasteiger partial charge in [-0.15, -0.1) is 11.3 Å². The lowest BCUT2D eigenvalue weighted by Crippen LogP contribution is -2.29. The average Bonchev–Trinajstić information content (AvgIpc) is 2.55. The van der Waals surface area contributed by atoms with Crippen molar-refractivity contribution in [3.05, 3.63) is 20.3 Å². The van der Waals surface area contributed by atoms with Gasteiger partial charge in [0.25, 0.3) is 0 Å². The lowest BCUT2D eigenvalue weighted by molar-refractivity contribution is 0.193. The SMILES string of the molecule is CC1CC(C)CC(C(N)c2cc(Cl)sc2Cl)C1. The Bertz CT molecular complexity index is 381. The van der Waals surface area contributed by atoms with E-state index in [9.17, 15) is 0 Å². The monoisotopic (exact) mass is 291 g/mol. The fraction of sp³-hybridized carbons (Fsp3) is 0.692. The first-order valence-electron chi connectivity index (χ1n) is 6.17. The predicted molar refractivity (Wildman–Crippen MR) is 76.9 cm³/mol. The molecule has 0 aliphatic heterocycles. The van der Waals surface area contributed by atoms with Crippen LogP contribution in [-0.4, -0.2) is 0 Å². The zero-order valence-electron chi connectivity index (χ0n) is 10.2. The van der Waals surface area contributed by atoms with Crippen LogP contribution in [0, 0.1) is 17.8 Å². The van der Waals surface area contributed by atoms with E-state index in [4.69, 9.17) is 28.9 Å². The van der Waals surface area contributed by atoms with Crippen molar-refractivity contribution >= 4 is 34.5 Å². The van der Waals surface area contributed by atoms with Crippen molar-refractivity contribution in [2.75, 3.05) is 0 Å². The molecule has 0 radical (unpaired) electrons. The highest BCUT2D eigenvalue weighted by atomic mass is 35.5. The largest absolute Gasteiger partial charge is 0.324 e. The summed E-state index contributed by atoms with van der Waals surface area (Å²) < 4.78 is 1.49. The fourth-order valence-electron chi connectivity index (χ4n) is 3.14. The van der Waals surface area contributed by atoms with Crippen molar-refractivity contribution in [2.24, 2.45) is 23.5 Å². The Hall–Kier alpha value is 0.240. The molecule has 3 atom stereocenters. The van der Waals surface area contributed by atoms with Crippen LogP contribution in [0.3, 0.4) is 0 Å². The molecule has 1 aliphatic carbocycles. The van der Waals surface area contributed by atoms with E-state index in [1.54, 1.807) is 0 Å². The fourth-order valence-corrected chi connectivity index (χ4v) is 4.70. The molecule has 96 valence electrons. The van der Waals surface area contributed by atoms with Gasteiger partial charge in [-0.1, -0.05) is 37.0 Å². The molecule has 4 heteroatoms. The highest BCUT2D eigenvalue weighted by molar-refractivity contribution is 7.20. The maximum Gasteiger partial charge on any atom is 0.0991 e. The van der Waals surface area contributed by atoms with E-state index in [1.165, 1.54) is 30.6 Å². The molecule has 17 heavy (non-hydrogen) atoms. The first-order valence-corrected chi connectivity index (χ1v) is 7.75. The molecule has 1 fully saturated rings. The third kappa shape index (κ3) is 3.17. The Morgan fingerprint density at radius 2 is 1.82 bits per heavy atom. The lowest BCUT2D eigenvalue weighted by atomic mass is 9.73. The van der Waals surface area contributed by atoms with Gasteiger partial charge in [0.2, 0.25) is 0 Å². The van der Waals surface area contributed by atoms with Gasteiger partial charge < -0.3 is 5.73 Å². The van der Waals surface area contributed by atoms with Crippen LogP contribution in [0.5, 0.6) is 0 Å². The quantitative estimate of drug-likeness (QED) is 0.803. The molecule has 1 nitrogen and oxygen atoms in total. The van der Waals surface area contributed by atoms with Gasteiger partial charge >= 0.3 is 0 Å². The van der Waals surface area contributed by atoms with Gasteiger partial charge in [0.05, 0.1) is 8.67 Å². The van der Waals surface area contributed by atoms with Crippen molar-refractivity contribution in [3.63, 3.8) is 0 Å². The first-order chi connectivity index (χ1) is 7.97. The second-order valence-corrected chi connectivity index (χ2v) is 7.77. The molecule has 3 unspecified atom stereocenters. The van der Waals surface area contributed by atoms with Crippen molar-refractivity contribution < 1.29 is 0 Å². The van der Waals surface area contributed by atoms with Crippen LogP contribution < -0.4 is 5.73 Å². The van der Waals surface area contributed by atoms with Crippen LogP contribution in [0.2, 0.25) is 8.67 Å². The summed E-state index contributed by atoms with van der Waals surface area (Å²) >= 11 is 13.6. The molecule has 0 saturated heterocycles. The number of hydrogen-bond acceptors (Lipinski definition) is 2. The van der Waals surface area contributed by atoms with Crippen LogP contribution in [0.25, 0.3) is 0 Å². The summed E-state index contributed by atoms with van der Waals surface area (Å²) in [7, 11) is 0. The van der Waals surface area contributed by atoms with Crippen LogP contribution in [0.1, 0.15) is 44.7 Å². The van der Waals surface area contributed by atoms with E-state index >= 15 is 0 Å². The molecule has 1 aliphatic rings. The van der Waals surface area contributed by atoms with Gasteiger partial charge in [0, 0.05) is 11.6 Å². The van der Waals surface area contributed by atoms with E-state index in [1.807, 2.05) is 6.07 Å². The molecular weight excluding hydrogens is 273 g/mol. The molecule has 1 heterocycles. The number of halogens is 2. The highest BCUT2D eigenvalue weighted by Gasteiger charge is 2.30. The molecule has 0 amide bonds. The third-order valence-electron chi connectivity index (χ3n) is 3.77. The Kier molecular flexibility index (Phi) is 4.40. The number of thiophene rings is 1. The van der Waals surface area contributed by atoms with Gasteiger partial charge in [-0.2, -0.15) is 0 Å². The van der Waals surface area contributed by atoms with Gasteiger partial charge in [-0.05, 0) is 43.1 Å². The van der Waals surface area contributed by atoms with Crippen LogP contribution in [0.15, 0.2) is 6.07 Å². The minimum atomic E-state index is 0.0384. The average molecular weight is 292 g/mol. The van der Waals surface area contributed by atoms with E-state index in [-0.39, 0.29) is 6.04 Å². The maximum absolute atomic E-state index is 6.37. The van der Waals surface area contributed by atoms with E-state index < -0.39 is 0 Å². The summed E-state index contributed by atoms with van der Waals surface area (Å²) in [5.74, 6) is 2.07. The molecule has 2 N–H and O–H groups in total. The Labute approximate surface area is 117 Å². The lowest BCUT2D eigenvalue weighted by Gasteiger charge is -2.34. The first kappa shape index (κ1) is 13.7. The van der Waals surface area contributed by atoms with Crippen LogP contribution >= 0.6 is 34.5 Å². The summed E-state index contributed by atoms with van der Waals surface area (Å²) in [6, 6.07) is 1.97. The zero-order valence-corrected chi connectivity index (χ0v) is 12.6. The topological polar surface area (TPSA) is 26.0 Å². The summed E-state index contributed by atoms with van der Waals surface area (Å²) in [6.07, 6.45) is 3.73. The van der Waals surface area contributed by atoms with Crippen molar-refractivity contribution in [1.82, 2.24) is 0 Å². The Morgan fingerprint density at radius 1 is 1.24 bits per heavy atom. The second kappa shape index (κ2) is 5.48. The minimum Gasteiger partial charge on any atom is -0.324 e. The van der Waals surface area contributed by atoms with Gasteiger partial charge in [0.1, 0.15) is 0 Å². The van der Waals surface area contributed by atoms with Crippen molar-refractivity contribution in [1.29, 1.82) is 0 Å². The van der Waals surface area contributed by atoms with Crippen LogP contribution in [0.4, 0.5) is 0 Å². The second-order valence-electron chi connectivity index (χ2n) is 5.48. The van der Waals surface area contributed by atoms with E-state index in [0.29, 0.717) is 5.92 Å². The van der Waals surface area contributed by atoms with Gasteiger partial charge in [-0.3, -0.25) is 0 Å². The summed E-state index contributed by atoms with van der Waals surface area (Å²) in [6.45, 7) is 4.63. The van der Waals surface area contributed by atoms with Crippen molar-refractivity contribution in [3.8, 4) is 0 Å². The summed E-state index contributed by atoms with van der Waals surface area (Å²) in [4.78, 5) is 0. The summed E-state index contributed by atoms with van der Waals surface area (Å²) in [5.41, 5.74) is 7.41. The van der Waals surface area contributed by atoms with Crippen LogP contribution in [-0.2, 0) is 0 Å². The standard InChI is InChI=1S/C13H19Cl2NS/c1-7-3-8(2)5-9(4-7)12(16)10-6-11(14)17-13(10)15/h6-9,12H,3-5,16H2,1-2H3. The summed E-state index contributed by atoms with van der Waals surface area (Å²) in [5, 5.41) is 0. The zero-order chi connectivity index (χ0) is 12.6. The maximum atomic E-state index is 6.37. The molecule has 0 bridgehead atoms. The number of rotatable bonds is 2. The highest BCUT2D eigenvalue weighted by Crippen LogP contribution is 2.43. The normalized spacial score (nSPS) is 31.5. The molecule has 1 aromatic heterocycles. The number of nitrogens with two attached hydrogens (primary N) is 1. The van der Waals surface area contributed by atoms with Crippen molar-refractivity contribution in [2.45, 2.75) is 39.2 Å². The molecule has 0 aromatic carbocycles. The molecule has 1 saturated carbocycles. The number of hydrogen-bond donors (Lipinski definition) is 1. The Morgan fingerprint density at radius 3 is 2.29 bits per heavy atom. The molecule has 1 aromatic rings. The van der Waals surface area contributed by atoms with E-state index in [2.05, 4.69) is 13.8 Å².